The highest BCUT2D eigenvalue weighted by atomic mass is 35.5. The van der Waals surface area contributed by atoms with E-state index in [1.165, 1.54) is 19.2 Å². The number of nitrogens with one attached hydrogen (secondary N) is 1. The number of hydrogen-bond acceptors (Lipinski definition) is 6. The molecule has 0 aliphatic carbocycles. The van der Waals surface area contributed by atoms with Crippen molar-refractivity contribution >= 4 is 35.0 Å². The summed E-state index contributed by atoms with van der Waals surface area (Å²) in [5.74, 6) is -1.71. The van der Waals surface area contributed by atoms with Crippen LogP contribution in [0.25, 0.3) is 0 Å². The Hall–Kier alpha value is -2.34. The highest BCUT2D eigenvalue weighted by Gasteiger charge is 2.17. The standard InChI is InChI=1S/C17H20ClNO5/c1-4-9-24-16(21)12-7-6-8-14(15(12)18)19-10-13(11(3)20)17(22)23-5-2/h6-8,10,19H,4-5,9H2,1-3H3. The molecule has 0 aliphatic heterocycles. The predicted octanol–water partition coefficient (Wildman–Crippen LogP) is 3.35. The number of carbonyl (C=O) groups is 3. The highest BCUT2D eigenvalue weighted by Crippen LogP contribution is 2.27. The van der Waals surface area contributed by atoms with Gasteiger partial charge in [-0.25, -0.2) is 9.59 Å². The molecule has 0 atom stereocenters. The minimum Gasteiger partial charge on any atom is -0.462 e. The van der Waals surface area contributed by atoms with Gasteiger partial charge in [-0.2, -0.15) is 0 Å². The molecule has 0 radical (unpaired) electrons. The average molecular weight is 354 g/mol. The number of esters is 2. The maximum Gasteiger partial charge on any atom is 0.343 e. The van der Waals surface area contributed by atoms with Gasteiger partial charge < -0.3 is 14.8 Å². The van der Waals surface area contributed by atoms with Crippen molar-refractivity contribution in [1.82, 2.24) is 0 Å². The van der Waals surface area contributed by atoms with E-state index in [9.17, 15) is 14.4 Å². The first-order chi connectivity index (χ1) is 11.4. The van der Waals surface area contributed by atoms with Crippen molar-refractivity contribution in [1.29, 1.82) is 0 Å². The van der Waals surface area contributed by atoms with Gasteiger partial charge in [-0.1, -0.05) is 24.6 Å². The monoisotopic (exact) mass is 353 g/mol. The van der Waals surface area contributed by atoms with Gasteiger partial charge in [-0.05, 0) is 32.4 Å². The number of halogens is 1. The summed E-state index contributed by atoms with van der Waals surface area (Å²) in [6.45, 7) is 5.24. The Morgan fingerprint density at radius 3 is 2.50 bits per heavy atom. The molecule has 0 aromatic heterocycles. The summed E-state index contributed by atoms with van der Waals surface area (Å²) in [6, 6.07) is 4.76. The molecule has 1 aromatic carbocycles. The molecule has 0 saturated carbocycles. The number of ether oxygens (including phenoxy) is 2. The first-order valence-corrected chi connectivity index (χ1v) is 7.90. The molecule has 0 bridgehead atoms. The van der Waals surface area contributed by atoms with E-state index < -0.39 is 17.7 Å². The van der Waals surface area contributed by atoms with Crippen molar-refractivity contribution < 1.29 is 23.9 Å². The zero-order chi connectivity index (χ0) is 18.1. The Balaban J connectivity index is 3.02. The SMILES string of the molecule is CCCOC(=O)c1cccc(NC=C(C(C)=O)C(=O)OCC)c1Cl. The van der Waals surface area contributed by atoms with E-state index >= 15 is 0 Å². The van der Waals surface area contributed by atoms with Crippen LogP contribution in [-0.2, 0) is 19.1 Å². The molecule has 0 fully saturated rings. The van der Waals surface area contributed by atoms with Gasteiger partial charge in [0.2, 0.25) is 0 Å². The quantitative estimate of drug-likeness (QED) is 0.334. The van der Waals surface area contributed by atoms with Crippen LogP contribution < -0.4 is 5.32 Å². The average Bonchev–Trinajstić information content (AvgIpc) is 2.54. The molecule has 0 heterocycles. The van der Waals surface area contributed by atoms with Gasteiger partial charge in [0, 0.05) is 6.20 Å². The van der Waals surface area contributed by atoms with Crippen LogP contribution >= 0.6 is 11.6 Å². The molecule has 1 N–H and O–H groups in total. The first-order valence-electron chi connectivity index (χ1n) is 7.52. The van der Waals surface area contributed by atoms with Crippen LogP contribution in [0.2, 0.25) is 5.02 Å². The summed E-state index contributed by atoms with van der Waals surface area (Å²) in [4.78, 5) is 35.2. The lowest BCUT2D eigenvalue weighted by molar-refractivity contribution is -0.139. The van der Waals surface area contributed by atoms with Crippen molar-refractivity contribution in [2.45, 2.75) is 27.2 Å². The van der Waals surface area contributed by atoms with E-state index in [4.69, 9.17) is 21.1 Å². The smallest absolute Gasteiger partial charge is 0.343 e. The lowest BCUT2D eigenvalue weighted by Crippen LogP contribution is -2.15. The van der Waals surface area contributed by atoms with E-state index in [1.54, 1.807) is 19.1 Å². The van der Waals surface area contributed by atoms with Crippen molar-refractivity contribution in [3.63, 3.8) is 0 Å². The summed E-state index contributed by atoms with van der Waals surface area (Å²) in [5.41, 5.74) is 0.418. The van der Waals surface area contributed by atoms with Crippen LogP contribution in [0.15, 0.2) is 30.0 Å². The molecule has 0 aliphatic rings. The summed E-state index contributed by atoms with van der Waals surface area (Å²) >= 11 is 6.19. The summed E-state index contributed by atoms with van der Waals surface area (Å²) in [6.07, 6.45) is 1.91. The van der Waals surface area contributed by atoms with E-state index in [2.05, 4.69) is 5.32 Å². The molecule has 24 heavy (non-hydrogen) atoms. The van der Waals surface area contributed by atoms with Gasteiger partial charge in [0.05, 0.1) is 29.5 Å². The zero-order valence-electron chi connectivity index (χ0n) is 13.8. The maximum atomic E-state index is 11.9. The molecule has 1 rings (SSSR count). The number of benzene rings is 1. The van der Waals surface area contributed by atoms with Crippen LogP contribution in [0.4, 0.5) is 5.69 Å². The number of anilines is 1. The first kappa shape index (κ1) is 19.7. The number of hydrogen-bond donors (Lipinski definition) is 1. The van der Waals surface area contributed by atoms with Gasteiger partial charge in [-0.3, -0.25) is 4.79 Å². The van der Waals surface area contributed by atoms with Crippen LogP contribution in [0, 0.1) is 0 Å². The number of ketones is 1. The second kappa shape index (κ2) is 9.72. The summed E-state index contributed by atoms with van der Waals surface area (Å²) in [5, 5.41) is 2.90. The fraction of sp³-hybridized carbons (Fsp3) is 0.353. The third-order valence-electron chi connectivity index (χ3n) is 2.90. The summed E-state index contributed by atoms with van der Waals surface area (Å²) in [7, 11) is 0. The van der Waals surface area contributed by atoms with Crippen molar-refractivity contribution in [2.24, 2.45) is 0 Å². The Morgan fingerprint density at radius 2 is 1.92 bits per heavy atom. The van der Waals surface area contributed by atoms with E-state index in [0.717, 1.165) is 0 Å². The van der Waals surface area contributed by atoms with Crippen LogP contribution in [0.5, 0.6) is 0 Å². The van der Waals surface area contributed by atoms with Crippen LogP contribution in [-0.4, -0.2) is 30.9 Å². The van der Waals surface area contributed by atoms with Crippen LogP contribution in [0.3, 0.4) is 0 Å². The fourth-order valence-electron chi connectivity index (χ4n) is 1.74. The Labute approximate surface area is 145 Å². The topological polar surface area (TPSA) is 81.7 Å². The third kappa shape index (κ3) is 5.38. The number of carbonyl (C=O) groups excluding carboxylic acids is 3. The van der Waals surface area contributed by atoms with E-state index in [1.807, 2.05) is 6.92 Å². The van der Waals surface area contributed by atoms with Gasteiger partial charge in [0.15, 0.2) is 5.78 Å². The van der Waals surface area contributed by atoms with Crippen LogP contribution in [0.1, 0.15) is 37.6 Å². The number of rotatable bonds is 8. The maximum absolute atomic E-state index is 11.9. The van der Waals surface area contributed by atoms with Gasteiger partial charge >= 0.3 is 11.9 Å². The molecule has 6 nitrogen and oxygen atoms in total. The molecule has 1 aromatic rings. The molecular formula is C17H20ClNO5. The van der Waals surface area contributed by atoms with Crippen molar-refractivity contribution in [2.75, 3.05) is 18.5 Å². The lowest BCUT2D eigenvalue weighted by atomic mass is 10.2. The number of Topliss-reactive ketones (excluding diaryl/α,β-unsaturated/α-hetero) is 1. The molecule has 0 spiro atoms. The third-order valence-corrected chi connectivity index (χ3v) is 3.31. The normalized spacial score (nSPS) is 10.9. The van der Waals surface area contributed by atoms with E-state index in [0.29, 0.717) is 18.7 Å². The zero-order valence-corrected chi connectivity index (χ0v) is 14.6. The molecular weight excluding hydrogens is 334 g/mol. The second-order valence-electron chi connectivity index (χ2n) is 4.78. The minimum absolute atomic E-state index is 0.140. The molecule has 0 unspecified atom stereocenters. The van der Waals surface area contributed by atoms with Gasteiger partial charge in [-0.15, -0.1) is 0 Å². The lowest BCUT2D eigenvalue weighted by Gasteiger charge is -2.10. The Kier molecular flexibility index (Phi) is 7.98. The van der Waals surface area contributed by atoms with Gasteiger partial charge in [0.1, 0.15) is 5.57 Å². The largest absolute Gasteiger partial charge is 0.462 e. The highest BCUT2D eigenvalue weighted by molar-refractivity contribution is 6.36. The Morgan fingerprint density at radius 1 is 1.21 bits per heavy atom. The van der Waals surface area contributed by atoms with Crippen molar-refractivity contribution in [3.05, 3.63) is 40.6 Å². The fourth-order valence-corrected chi connectivity index (χ4v) is 1.99. The second-order valence-corrected chi connectivity index (χ2v) is 5.16. The molecule has 130 valence electrons. The Bertz CT molecular complexity index is 654. The van der Waals surface area contributed by atoms with E-state index in [-0.39, 0.29) is 22.8 Å². The predicted molar refractivity (Wildman–Crippen MR) is 91.0 cm³/mol. The summed E-state index contributed by atoms with van der Waals surface area (Å²) < 4.78 is 9.87. The molecule has 7 heteroatoms. The minimum atomic E-state index is -0.730. The molecule has 0 amide bonds. The molecule has 0 saturated heterocycles. The van der Waals surface area contributed by atoms with Crippen molar-refractivity contribution in [3.8, 4) is 0 Å². The van der Waals surface area contributed by atoms with Gasteiger partial charge in [0.25, 0.3) is 0 Å².